The first kappa shape index (κ1) is 14.5. The first-order chi connectivity index (χ1) is 11.0. The van der Waals surface area contributed by atoms with E-state index in [0.717, 1.165) is 28.3 Å². The molecule has 3 aromatic rings. The van der Waals surface area contributed by atoms with Gasteiger partial charge in [-0.1, -0.05) is 35.5 Å². The Balaban J connectivity index is 1.54. The number of primary sulfonamides is 1. The predicted molar refractivity (Wildman–Crippen MR) is 83.3 cm³/mol. The van der Waals surface area contributed by atoms with Gasteiger partial charge in [-0.15, -0.1) is 11.3 Å². The van der Waals surface area contributed by atoms with Gasteiger partial charge in [-0.05, 0) is 6.42 Å². The normalized spacial score (nSPS) is 20.6. The fourth-order valence-electron chi connectivity index (χ4n) is 2.41. The summed E-state index contributed by atoms with van der Waals surface area (Å²) in [6.45, 7) is 0. The second kappa shape index (κ2) is 5.22. The molecule has 0 amide bonds. The standard InChI is InChI=1S/C14H12N4O3S2/c15-23(19,20)11-7-16-14(22-11)10-6-9(10)13-17-12(18-21-13)8-4-2-1-3-5-8/h1-5,7,9-10H,6H2,(H2,15,19,20). The van der Waals surface area contributed by atoms with Crippen molar-refractivity contribution in [2.75, 3.05) is 0 Å². The minimum Gasteiger partial charge on any atom is -0.339 e. The number of thiazole rings is 1. The van der Waals surface area contributed by atoms with Crippen molar-refractivity contribution in [1.29, 1.82) is 0 Å². The molecule has 23 heavy (non-hydrogen) atoms. The molecule has 9 heteroatoms. The van der Waals surface area contributed by atoms with Gasteiger partial charge in [-0.25, -0.2) is 18.5 Å². The number of sulfonamides is 1. The molecule has 2 atom stereocenters. The van der Waals surface area contributed by atoms with Crippen LogP contribution in [0, 0.1) is 0 Å². The van der Waals surface area contributed by atoms with E-state index in [1.807, 2.05) is 30.3 Å². The number of hydrogen-bond acceptors (Lipinski definition) is 7. The molecule has 4 rings (SSSR count). The molecule has 0 spiro atoms. The van der Waals surface area contributed by atoms with Crippen LogP contribution in [0.4, 0.5) is 0 Å². The zero-order chi connectivity index (χ0) is 16.0. The molecule has 118 valence electrons. The second-order valence-electron chi connectivity index (χ2n) is 5.33. The maximum atomic E-state index is 11.3. The van der Waals surface area contributed by atoms with Gasteiger partial charge in [0.05, 0.1) is 11.2 Å². The summed E-state index contributed by atoms with van der Waals surface area (Å²) >= 11 is 1.10. The number of hydrogen-bond donors (Lipinski definition) is 1. The third kappa shape index (κ3) is 2.78. The molecule has 1 aliphatic carbocycles. The van der Waals surface area contributed by atoms with Gasteiger partial charge in [0.25, 0.3) is 0 Å². The number of rotatable bonds is 4. The topological polar surface area (TPSA) is 112 Å². The molecule has 2 N–H and O–H groups in total. The van der Waals surface area contributed by atoms with Crippen molar-refractivity contribution in [3.8, 4) is 11.4 Å². The average Bonchev–Trinajstić information content (AvgIpc) is 2.99. The fourth-order valence-corrected chi connectivity index (χ4v) is 4.16. The summed E-state index contributed by atoms with van der Waals surface area (Å²) in [5.74, 6) is 1.30. The Hall–Kier alpha value is -2.10. The van der Waals surface area contributed by atoms with E-state index in [1.54, 1.807) is 0 Å². The summed E-state index contributed by atoms with van der Waals surface area (Å²) in [5.41, 5.74) is 0.894. The van der Waals surface area contributed by atoms with E-state index in [9.17, 15) is 8.42 Å². The van der Waals surface area contributed by atoms with Crippen LogP contribution in [0.1, 0.15) is 29.2 Å². The van der Waals surface area contributed by atoms with Crippen LogP contribution in [0.15, 0.2) is 45.3 Å². The van der Waals surface area contributed by atoms with E-state index in [1.165, 1.54) is 6.20 Å². The highest BCUT2D eigenvalue weighted by Crippen LogP contribution is 2.55. The molecule has 0 radical (unpaired) electrons. The van der Waals surface area contributed by atoms with Gasteiger partial charge >= 0.3 is 0 Å². The summed E-state index contributed by atoms with van der Waals surface area (Å²) in [4.78, 5) is 8.58. The van der Waals surface area contributed by atoms with Crippen molar-refractivity contribution in [1.82, 2.24) is 15.1 Å². The minimum absolute atomic E-state index is 0.0775. The van der Waals surface area contributed by atoms with Crippen LogP contribution < -0.4 is 5.14 Å². The number of nitrogens with two attached hydrogens (primary N) is 1. The Morgan fingerprint density at radius 1 is 1.22 bits per heavy atom. The fraction of sp³-hybridized carbons (Fsp3) is 0.214. The molecule has 2 heterocycles. The Bertz CT molecular complexity index is 949. The lowest BCUT2D eigenvalue weighted by Crippen LogP contribution is -2.09. The van der Waals surface area contributed by atoms with E-state index in [2.05, 4.69) is 15.1 Å². The molecular weight excluding hydrogens is 336 g/mol. The van der Waals surface area contributed by atoms with Crippen LogP contribution in [-0.2, 0) is 10.0 Å². The number of nitrogens with zero attached hydrogens (tertiary/aromatic N) is 3. The van der Waals surface area contributed by atoms with Gasteiger partial charge in [-0.2, -0.15) is 4.98 Å². The highest BCUT2D eigenvalue weighted by molar-refractivity contribution is 7.91. The zero-order valence-electron chi connectivity index (χ0n) is 11.8. The van der Waals surface area contributed by atoms with Gasteiger partial charge < -0.3 is 4.52 Å². The van der Waals surface area contributed by atoms with E-state index < -0.39 is 10.0 Å². The summed E-state index contributed by atoms with van der Waals surface area (Å²) in [7, 11) is -3.70. The van der Waals surface area contributed by atoms with Crippen LogP contribution >= 0.6 is 11.3 Å². The molecule has 0 bridgehead atoms. The SMILES string of the molecule is NS(=O)(=O)c1cnc(C2CC2c2nc(-c3ccccc3)no2)s1. The maximum absolute atomic E-state index is 11.3. The number of aromatic nitrogens is 3. The van der Waals surface area contributed by atoms with Crippen molar-refractivity contribution in [3.63, 3.8) is 0 Å². The quantitative estimate of drug-likeness (QED) is 0.773. The summed E-state index contributed by atoms with van der Waals surface area (Å²) in [6.07, 6.45) is 2.11. The molecule has 1 fully saturated rings. The van der Waals surface area contributed by atoms with Gasteiger partial charge in [0, 0.05) is 17.4 Å². The van der Waals surface area contributed by atoms with E-state index in [-0.39, 0.29) is 16.0 Å². The van der Waals surface area contributed by atoms with Gasteiger partial charge in [0.2, 0.25) is 21.7 Å². The predicted octanol–water partition coefficient (Wildman–Crippen LogP) is 2.11. The average molecular weight is 348 g/mol. The van der Waals surface area contributed by atoms with Gasteiger partial charge in [-0.3, -0.25) is 0 Å². The van der Waals surface area contributed by atoms with Crippen molar-refractivity contribution >= 4 is 21.4 Å². The Kier molecular flexibility index (Phi) is 3.29. The Morgan fingerprint density at radius 2 is 2.00 bits per heavy atom. The van der Waals surface area contributed by atoms with Crippen molar-refractivity contribution in [2.45, 2.75) is 22.5 Å². The molecule has 2 unspecified atom stereocenters. The molecule has 2 aromatic heterocycles. The second-order valence-corrected chi connectivity index (χ2v) is 8.18. The van der Waals surface area contributed by atoms with Crippen molar-refractivity contribution < 1.29 is 12.9 Å². The third-order valence-electron chi connectivity index (χ3n) is 3.68. The van der Waals surface area contributed by atoms with Gasteiger partial charge in [0.15, 0.2) is 4.21 Å². The molecule has 1 aromatic carbocycles. The lowest BCUT2D eigenvalue weighted by atomic mass is 10.2. The van der Waals surface area contributed by atoms with E-state index in [0.29, 0.717) is 11.7 Å². The zero-order valence-corrected chi connectivity index (χ0v) is 13.4. The van der Waals surface area contributed by atoms with Crippen LogP contribution in [0.3, 0.4) is 0 Å². The summed E-state index contributed by atoms with van der Waals surface area (Å²) in [5, 5.41) is 9.84. The number of benzene rings is 1. The molecular formula is C14H12N4O3S2. The van der Waals surface area contributed by atoms with Crippen LogP contribution in [0.5, 0.6) is 0 Å². The van der Waals surface area contributed by atoms with Crippen LogP contribution in [0.25, 0.3) is 11.4 Å². The van der Waals surface area contributed by atoms with Crippen LogP contribution in [0.2, 0.25) is 0 Å². The smallest absolute Gasteiger partial charge is 0.249 e. The summed E-state index contributed by atoms with van der Waals surface area (Å²) in [6, 6.07) is 9.58. The highest BCUT2D eigenvalue weighted by Gasteiger charge is 2.46. The van der Waals surface area contributed by atoms with Crippen molar-refractivity contribution in [3.05, 3.63) is 47.4 Å². The molecule has 0 saturated heterocycles. The molecule has 1 aliphatic rings. The lowest BCUT2D eigenvalue weighted by Gasteiger charge is -1.91. The highest BCUT2D eigenvalue weighted by atomic mass is 32.2. The van der Waals surface area contributed by atoms with Crippen molar-refractivity contribution in [2.24, 2.45) is 5.14 Å². The largest absolute Gasteiger partial charge is 0.339 e. The van der Waals surface area contributed by atoms with Crippen LogP contribution in [-0.4, -0.2) is 23.5 Å². The molecule has 7 nitrogen and oxygen atoms in total. The Morgan fingerprint density at radius 3 is 2.70 bits per heavy atom. The van der Waals surface area contributed by atoms with E-state index in [4.69, 9.17) is 9.66 Å². The molecule has 0 aliphatic heterocycles. The maximum Gasteiger partial charge on any atom is 0.249 e. The molecule has 1 saturated carbocycles. The van der Waals surface area contributed by atoms with Gasteiger partial charge in [0.1, 0.15) is 0 Å². The first-order valence-electron chi connectivity index (χ1n) is 6.90. The lowest BCUT2D eigenvalue weighted by molar-refractivity contribution is 0.378. The summed E-state index contributed by atoms with van der Waals surface area (Å²) < 4.78 is 28.0. The first-order valence-corrected chi connectivity index (χ1v) is 9.26. The Labute approximate surface area is 136 Å². The monoisotopic (exact) mass is 348 g/mol. The third-order valence-corrected chi connectivity index (χ3v) is 6.22. The minimum atomic E-state index is -3.70. The van der Waals surface area contributed by atoms with E-state index >= 15 is 0 Å².